The third kappa shape index (κ3) is 4.58. The molecular formula is C28H29BBrNO5. The summed E-state index contributed by atoms with van der Waals surface area (Å²) in [7, 11) is 0.571. The quantitative estimate of drug-likeness (QED) is 0.239. The van der Waals surface area contributed by atoms with E-state index < -0.39 is 13.0 Å². The van der Waals surface area contributed by atoms with Gasteiger partial charge in [0, 0.05) is 17.1 Å². The van der Waals surface area contributed by atoms with Gasteiger partial charge >= 0.3 is 7.12 Å². The molecule has 0 bridgehead atoms. The Hall–Kier alpha value is -2.68. The van der Waals surface area contributed by atoms with Gasteiger partial charge in [-0.2, -0.15) is 0 Å². The number of aromatic hydroxyl groups is 1. The summed E-state index contributed by atoms with van der Waals surface area (Å²) in [5.41, 5.74) is 4.93. The summed E-state index contributed by atoms with van der Waals surface area (Å²) in [6.45, 7) is 2.02. The minimum Gasteiger partial charge on any atom is -0.507 e. The van der Waals surface area contributed by atoms with Gasteiger partial charge in [-0.1, -0.05) is 51.8 Å². The number of rotatable bonds is 5. The van der Waals surface area contributed by atoms with Crippen molar-refractivity contribution in [2.75, 3.05) is 7.05 Å². The van der Waals surface area contributed by atoms with Crippen molar-refractivity contribution in [1.29, 1.82) is 0 Å². The zero-order valence-corrected chi connectivity index (χ0v) is 21.9. The number of likely N-dealkylation sites (tertiary alicyclic amines) is 1. The largest absolute Gasteiger partial charge is 0.507 e. The van der Waals surface area contributed by atoms with E-state index in [1.807, 2.05) is 49.4 Å². The molecule has 8 heteroatoms. The van der Waals surface area contributed by atoms with Gasteiger partial charge in [0.25, 0.3) is 0 Å². The number of phenolic OH excluding ortho intramolecular Hbond substituents is 1. The average Bonchev–Trinajstić information content (AvgIpc) is 3.07. The van der Waals surface area contributed by atoms with Crippen LogP contribution in [0.3, 0.4) is 0 Å². The molecule has 3 aliphatic rings. The van der Waals surface area contributed by atoms with Gasteiger partial charge in [0.05, 0.1) is 17.9 Å². The zero-order chi connectivity index (χ0) is 25.6. The van der Waals surface area contributed by atoms with Crippen LogP contribution in [0.1, 0.15) is 37.3 Å². The molecule has 2 aromatic carbocycles. The first-order valence-electron chi connectivity index (χ1n) is 12.3. The van der Waals surface area contributed by atoms with Crippen molar-refractivity contribution in [3.8, 4) is 5.75 Å². The molecular weight excluding hydrogens is 521 g/mol. The van der Waals surface area contributed by atoms with Crippen LogP contribution >= 0.6 is 15.9 Å². The van der Waals surface area contributed by atoms with Crippen molar-refractivity contribution in [2.24, 2.45) is 17.8 Å². The van der Waals surface area contributed by atoms with Crippen molar-refractivity contribution < 1.29 is 24.4 Å². The number of nitrogens with zero attached hydrogens (tertiary/aromatic N) is 1. The van der Waals surface area contributed by atoms with E-state index in [9.17, 15) is 19.7 Å². The Kier molecular flexibility index (Phi) is 6.94. The van der Waals surface area contributed by atoms with Gasteiger partial charge in [0.15, 0.2) is 0 Å². The summed E-state index contributed by atoms with van der Waals surface area (Å²) in [6, 6.07) is 15.3. The Bertz CT molecular complexity index is 1260. The number of carbonyl (C=O) groups is 2. The van der Waals surface area contributed by atoms with Crippen LogP contribution < -0.4 is 0 Å². The smallest absolute Gasteiger partial charge is 0.455 e. The lowest BCUT2D eigenvalue weighted by atomic mass is 9.58. The van der Waals surface area contributed by atoms with Crippen LogP contribution in [0.4, 0.5) is 0 Å². The van der Waals surface area contributed by atoms with Crippen molar-refractivity contribution in [2.45, 2.75) is 38.6 Å². The summed E-state index contributed by atoms with van der Waals surface area (Å²) in [5.74, 6) is -1.04. The lowest BCUT2D eigenvalue weighted by molar-refractivity contribution is -0.138. The highest BCUT2D eigenvalue weighted by Gasteiger charge is 2.55. The topological polar surface area (TPSA) is 87.1 Å². The van der Waals surface area contributed by atoms with E-state index in [1.54, 1.807) is 19.2 Å². The first-order valence-corrected chi connectivity index (χ1v) is 13.1. The maximum absolute atomic E-state index is 13.0. The fraction of sp³-hybridized carbons (Fsp3) is 0.357. The van der Waals surface area contributed by atoms with Crippen LogP contribution in [-0.2, 0) is 14.2 Å². The number of fused-ring (bicyclic) bond motifs is 3. The summed E-state index contributed by atoms with van der Waals surface area (Å²) < 4.78 is 6.92. The highest BCUT2D eigenvalue weighted by atomic mass is 79.9. The third-order valence-electron chi connectivity index (χ3n) is 7.81. The summed E-state index contributed by atoms with van der Waals surface area (Å²) in [5, 5.41) is 21.1. The first kappa shape index (κ1) is 25.0. The molecule has 2 amide bonds. The molecule has 0 radical (unpaired) electrons. The Morgan fingerprint density at radius 2 is 1.92 bits per heavy atom. The molecule has 6 nitrogen and oxygen atoms in total. The predicted octanol–water partition coefficient (Wildman–Crippen LogP) is 4.92. The first-order chi connectivity index (χ1) is 17.2. The fourth-order valence-electron chi connectivity index (χ4n) is 6.14. The van der Waals surface area contributed by atoms with Crippen LogP contribution in [0.2, 0.25) is 6.32 Å². The molecule has 0 spiro atoms. The van der Waals surface area contributed by atoms with E-state index in [-0.39, 0.29) is 35.5 Å². The Labute approximate surface area is 219 Å². The Morgan fingerprint density at radius 1 is 1.17 bits per heavy atom. The fourth-order valence-corrected chi connectivity index (χ4v) is 6.52. The SMILES string of the molecule is CC1=C2[C@@H](CC/C(=C/c3cc(Br)ccc3O)c3ccccc3)OB(O)C[C@@H]2[C@@H]2C(=O)N(C)C(=O)[C@@H]2C1. The van der Waals surface area contributed by atoms with E-state index >= 15 is 0 Å². The van der Waals surface area contributed by atoms with Crippen LogP contribution in [0.15, 0.2) is 64.1 Å². The van der Waals surface area contributed by atoms with Crippen LogP contribution in [-0.4, -0.2) is 47.1 Å². The molecule has 2 aromatic rings. The van der Waals surface area contributed by atoms with Gasteiger partial charge < -0.3 is 14.8 Å². The van der Waals surface area contributed by atoms with Gasteiger partial charge in [-0.3, -0.25) is 14.5 Å². The number of amides is 2. The number of imide groups is 1. The summed E-state index contributed by atoms with van der Waals surface area (Å²) in [6.07, 6.45) is 3.75. The lowest BCUT2D eigenvalue weighted by Crippen LogP contribution is -2.45. The normalized spacial score (nSPS) is 26.4. The van der Waals surface area contributed by atoms with Crippen molar-refractivity contribution in [3.63, 3.8) is 0 Å². The number of phenols is 1. The van der Waals surface area contributed by atoms with Crippen LogP contribution in [0.5, 0.6) is 5.75 Å². The highest BCUT2D eigenvalue weighted by Crippen LogP contribution is 2.50. The summed E-state index contributed by atoms with van der Waals surface area (Å²) >= 11 is 3.48. The zero-order valence-electron chi connectivity index (χ0n) is 20.4. The standard InChI is InChI=1S/C28H29BBrNO5/c1-16-12-21-26(28(34)31(2)27(21)33)22-15-29(35)36-24(25(16)22)11-8-18(17-6-4-3-5-7-17)13-19-14-20(30)9-10-23(19)32/h3-7,9-10,13-14,21-22,24,26,32,35H,8,11-12,15H2,1-2H3/b18-13-/t21-,22+,24-,26-/m1/s1. The molecule has 2 fully saturated rings. The number of halogens is 1. The van der Waals surface area contributed by atoms with Gasteiger partial charge in [-0.15, -0.1) is 0 Å². The second-order valence-corrected chi connectivity index (χ2v) is 10.9. The minimum absolute atomic E-state index is 0.121. The van der Waals surface area contributed by atoms with Gasteiger partial charge in [-0.05, 0) is 79.4 Å². The Balaban J connectivity index is 1.46. The van der Waals surface area contributed by atoms with E-state index in [0.717, 1.165) is 26.8 Å². The number of benzene rings is 2. The summed E-state index contributed by atoms with van der Waals surface area (Å²) in [4.78, 5) is 26.9. The van der Waals surface area contributed by atoms with Gasteiger partial charge in [0.2, 0.25) is 11.8 Å². The molecule has 2 N–H and O–H groups in total. The maximum Gasteiger partial charge on any atom is 0.455 e. The minimum atomic E-state index is -0.984. The van der Waals surface area contributed by atoms with Crippen LogP contribution in [0, 0.1) is 17.8 Å². The number of hydrogen-bond donors (Lipinski definition) is 2. The number of allylic oxidation sites excluding steroid dienone is 2. The van der Waals surface area contributed by atoms with E-state index in [1.165, 1.54) is 4.90 Å². The van der Waals surface area contributed by atoms with Gasteiger partial charge in [0.1, 0.15) is 5.75 Å². The molecule has 1 aliphatic carbocycles. The molecule has 2 aliphatic heterocycles. The van der Waals surface area contributed by atoms with E-state index in [4.69, 9.17) is 4.65 Å². The molecule has 5 rings (SSSR count). The maximum atomic E-state index is 13.0. The monoisotopic (exact) mass is 549 g/mol. The molecule has 0 unspecified atom stereocenters. The molecule has 0 saturated carbocycles. The van der Waals surface area contributed by atoms with Gasteiger partial charge in [-0.25, -0.2) is 0 Å². The predicted molar refractivity (Wildman–Crippen MR) is 143 cm³/mol. The molecule has 36 heavy (non-hydrogen) atoms. The molecule has 186 valence electrons. The van der Waals surface area contributed by atoms with E-state index in [0.29, 0.717) is 31.1 Å². The second kappa shape index (κ2) is 10.00. The highest BCUT2D eigenvalue weighted by molar-refractivity contribution is 9.10. The number of carbonyl (C=O) groups excluding carboxylic acids is 2. The van der Waals surface area contributed by atoms with Crippen molar-refractivity contribution in [3.05, 3.63) is 75.3 Å². The average molecular weight is 550 g/mol. The van der Waals surface area contributed by atoms with Crippen LogP contribution in [0.25, 0.3) is 11.6 Å². The lowest BCUT2D eigenvalue weighted by Gasteiger charge is -2.42. The molecule has 0 aromatic heterocycles. The number of hydrogen-bond acceptors (Lipinski definition) is 5. The second-order valence-electron chi connectivity index (χ2n) is 10.0. The van der Waals surface area contributed by atoms with Crippen molar-refractivity contribution in [1.82, 2.24) is 4.90 Å². The Morgan fingerprint density at radius 3 is 2.67 bits per heavy atom. The van der Waals surface area contributed by atoms with E-state index in [2.05, 4.69) is 15.9 Å². The molecule has 2 heterocycles. The van der Waals surface area contributed by atoms with Crippen molar-refractivity contribution >= 4 is 46.5 Å². The molecule has 2 saturated heterocycles. The molecule has 4 atom stereocenters. The third-order valence-corrected chi connectivity index (χ3v) is 8.31.